The summed E-state index contributed by atoms with van der Waals surface area (Å²) in [6.07, 6.45) is 6.69. The van der Waals surface area contributed by atoms with Crippen LogP contribution in [-0.2, 0) is 4.79 Å². The van der Waals surface area contributed by atoms with Gasteiger partial charge in [0.15, 0.2) is 0 Å². The fourth-order valence-corrected chi connectivity index (χ4v) is 2.19. The predicted molar refractivity (Wildman–Crippen MR) is 75.1 cm³/mol. The second-order valence-corrected chi connectivity index (χ2v) is 5.77. The molecule has 0 bridgehead atoms. The Morgan fingerprint density at radius 1 is 1.06 bits per heavy atom. The maximum Gasteiger partial charge on any atom is 0.223 e. The molecule has 0 saturated heterocycles. The summed E-state index contributed by atoms with van der Waals surface area (Å²) in [6, 6.07) is 0. The van der Waals surface area contributed by atoms with Crippen molar-refractivity contribution in [2.24, 2.45) is 5.41 Å². The highest BCUT2D eigenvalue weighted by Gasteiger charge is 2.23. The Morgan fingerprint density at radius 3 is 2.18 bits per heavy atom. The van der Waals surface area contributed by atoms with Crippen LogP contribution in [0.3, 0.4) is 0 Å². The van der Waals surface area contributed by atoms with Gasteiger partial charge in [0.2, 0.25) is 5.91 Å². The van der Waals surface area contributed by atoms with Crippen molar-refractivity contribution < 1.29 is 4.79 Å². The Labute approximate surface area is 108 Å². The normalized spacial score (nSPS) is 11.6. The van der Waals surface area contributed by atoms with Crippen LogP contribution in [0.25, 0.3) is 0 Å². The molecule has 0 aliphatic rings. The molecule has 0 aliphatic carbocycles. The van der Waals surface area contributed by atoms with Crippen molar-refractivity contribution in [1.29, 1.82) is 0 Å². The van der Waals surface area contributed by atoms with E-state index in [1.807, 2.05) is 4.90 Å². The fraction of sp³-hybridized carbons (Fsp3) is 0.933. The van der Waals surface area contributed by atoms with Crippen LogP contribution in [-0.4, -0.2) is 23.9 Å². The van der Waals surface area contributed by atoms with Crippen molar-refractivity contribution in [3.8, 4) is 0 Å². The van der Waals surface area contributed by atoms with E-state index in [4.69, 9.17) is 0 Å². The van der Waals surface area contributed by atoms with Crippen LogP contribution in [0.4, 0.5) is 0 Å². The molecule has 0 aromatic rings. The van der Waals surface area contributed by atoms with Crippen molar-refractivity contribution >= 4 is 5.91 Å². The first kappa shape index (κ1) is 16.5. The van der Waals surface area contributed by atoms with Crippen LogP contribution in [0.2, 0.25) is 0 Å². The molecule has 1 amide bonds. The van der Waals surface area contributed by atoms with E-state index in [-0.39, 0.29) is 5.41 Å². The zero-order chi connectivity index (χ0) is 13.3. The van der Waals surface area contributed by atoms with Crippen molar-refractivity contribution in [1.82, 2.24) is 4.90 Å². The Balaban J connectivity index is 4.13. The van der Waals surface area contributed by atoms with Crippen molar-refractivity contribution in [2.45, 2.75) is 73.1 Å². The summed E-state index contributed by atoms with van der Waals surface area (Å²) in [5.74, 6) is 0.329. The quantitative estimate of drug-likeness (QED) is 0.553. The lowest BCUT2D eigenvalue weighted by atomic mass is 9.83. The molecule has 0 spiro atoms. The van der Waals surface area contributed by atoms with Crippen LogP contribution in [0.15, 0.2) is 0 Å². The zero-order valence-corrected chi connectivity index (χ0v) is 12.5. The second kappa shape index (κ2) is 8.54. The first-order valence-corrected chi connectivity index (χ1v) is 7.24. The summed E-state index contributed by atoms with van der Waals surface area (Å²) in [6.45, 7) is 12.6. The molecular weight excluding hydrogens is 210 g/mol. The van der Waals surface area contributed by atoms with Gasteiger partial charge in [0.1, 0.15) is 0 Å². The molecule has 0 aromatic carbocycles. The van der Waals surface area contributed by atoms with Gasteiger partial charge in [0, 0.05) is 19.5 Å². The molecule has 0 N–H and O–H groups in total. The highest BCUT2D eigenvalue weighted by Crippen LogP contribution is 2.28. The Kier molecular flexibility index (Phi) is 8.28. The number of rotatable bonds is 9. The molecule has 0 unspecified atom stereocenters. The summed E-state index contributed by atoms with van der Waals surface area (Å²) in [7, 11) is 0. The van der Waals surface area contributed by atoms with Gasteiger partial charge >= 0.3 is 0 Å². The standard InChI is InChI=1S/C15H31NO/c1-6-9-10-11-15(4,5)13-14(17)16(8-3)12-7-2/h6-13H2,1-5H3. The Hall–Kier alpha value is -0.530. The predicted octanol–water partition coefficient (Wildman–Crippen LogP) is 4.24. The average molecular weight is 241 g/mol. The molecule has 0 aliphatic heterocycles. The molecule has 2 nitrogen and oxygen atoms in total. The van der Waals surface area contributed by atoms with Crippen LogP contribution < -0.4 is 0 Å². The van der Waals surface area contributed by atoms with Crippen molar-refractivity contribution in [3.05, 3.63) is 0 Å². The number of hydrogen-bond acceptors (Lipinski definition) is 1. The maximum atomic E-state index is 12.1. The largest absolute Gasteiger partial charge is 0.343 e. The third-order valence-electron chi connectivity index (χ3n) is 3.31. The van der Waals surface area contributed by atoms with Gasteiger partial charge in [-0.3, -0.25) is 4.79 Å². The molecule has 0 atom stereocenters. The summed E-state index contributed by atoms with van der Waals surface area (Å²) >= 11 is 0. The van der Waals surface area contributed by atoms with Crippen molar-refractivity contribution in [3.63, 3.8) is 0 Å². The molecule has 102 valence electrons. The first-order chi connectivity index (χ1) is 7.96. The lowest BCUT2D eigenvalue weighted by Crippen LogP contribution is -2.34. The van der Waals surface area contributed by atoms with Gasteiger partial charge in [-0.2, -0.15) is 0 Å². The van der Waals surface area contributed by atoms with Gasteiger partial charge in [-0.15, -0.1) is 0 Å². The first-order valence-electron chi connectivity index (χ1n) is 7.24. The third kappa shape index (κ3) is 7.40. The maximum absolute atomic E-state index is 12.1. The zero-order valence-electron chi connectivity index (χ0n) is 12.5. The average Bonchev–Trinajstić information content (AvgIpc) is 2.25. The number of unbranched alkanes of at least 4 members (excludes halogenated alkanes) is 2. The minimum Gasteiger partial charge on any atom is -0.343 e. The van der Waals surface area contributed by atoms with Gasteiger partial charge in [0.25, 0.3) is 0 Å². The van der Waals surface area contributed by atoms with E-state index < -0.39 is 0 Å². The van der Waals surface area contributed by atoms with E-state index in [0.717, 1.165) is 25.9 Å². The summed E-state index contributed by atoms with van der Waals surface area (Å²) in [5, 5.41) is 0. The monoisotopic (exact) mass is 241 g/mol. The summed E-state index contributed by atoms with van der Waals surface area (Å²) < 4.78 is 0. The molecule has 0 rings (SSSR count). The van der Waals surface area contributed by atoms with E-state index in [9.17, 15) is 4.79 Å². The molecule has 0 radical (unpaired) electrons. The molecule has 0 fully saturated rings. The summed E-state index contributed by atoms with van der Waals surface area (Å²) in [4.78, 5) is 14.1. The van der Waals surface area contributed by atoms with Crippen LogP contribution in [0.1, 0.15) is 73.1 Å². The fourth-order valence-electron chi connectivity index (χ4n) is 2.19. The van der Waals surface area contributed by atoms with Gasteiger partial charge in [-0.1, -0.05) is 47.0 Å². The van der Waals surface area contributed by atoms with Crippen molar-refractivity contribution in [2.75, 3.05) is 13.1 Å². The smallest absolute Gasteiger partial charge is 0.223 e. The molecule has 0 aromatic heterocycles. The Morgan fingerprint density at radius 2 is 1.71 bits per heavy atom. The van der Waals surface area contributed by atoms with E-state index in [2.05, 4.69) is 34.6 Å². The third-order valence-corrected chi connectivity index (χ3v) is 3.31. The number of carbonyl (C=O) groups is 1. The highest BCUT2D eigenvalue weighted by atomic mass is 16.2. The van der Waals surface area contributed by atoms with E-state index in [1.54, 1.807) is 0 Å². The SMILES string of the molecule is CCCCCC(C)(C)CC(=O)N(CC)CCC. The minimum atomic E-state index is 0.160. The van der Waals surface area contributed by atoms with E-state index in [0.29, 0.717) is 12.3 Å². The van der Waals surface area contributed by atoms with Crippen LogP contribution in [0.5, 0.6) is 0 Å². The van der Waals surface area contributed by atoms with Crippen LogP contribution >= 0.6 is 0 Å². The minimum absolute atomic E-state index is 0.160. The van der Waals surface area contributed by atoms with Gasteiger partial charge in [-0.05, 0) is 25.2 Å². The van der Waals surface area contributed by atoms with Gasteiger partial charge in [-0.25, -0.2) is 0 Å². The molecular formula is C15H31NO. The van der Waals surface area contributed by atoms with Gasteiger partial charge < -0.3 is 4.90 Å². The molecule has 17 heavy (non-hydrogen) atoms. The lowest BCUT2D eigenvalue weighted by Gasteiger charge is -2.28. The molecule has 2 heteroatoms. The van der Waals surface area contributed by atoms with E-state index in [1.165, 1.54) is 19.3 Å². The second-order valence-electron chi connectivity index (χ2n) is 5.77. The topological polar surface area (TPSA) is 20.3 Å². The van der Waals surface area contributed by atoms with Gasteiger partial charge in [0.05, 0.1) is 0 Å². The Bertz CT molecular complexity index is 211. The lowest BCUT2D eigenvalue weighted by molar-refractivity contribution is -0.133. The van der Waals surface area contributed by atoms with E-state index >= 15 is 0 Å². The van der Waals surface area contributed by atoms with Crippen LogP contribution in [0, 0.1) is 5.41 Å². The highest BCUT2D eigenvalue weighted by molar-refractivity contribution is 5.76. The number of nitrogens with zero attached hydrogens (tertiary/aromatic N) is 1. The molecule has 0 heterocycles. The summed E-state index contributed by atoms with van der Waals surface area (Å²) in [5.41, 5.74) is 0.160. The molecule has 0 saturated carbocycles. The number of carbonyl (C=O) groups excluding carboxylic acids is 1. The number of amides is 1. The number of hydrogen-bond donors (Lipinski definition) is 0.